The maximum Gasteiger partial charge on any atom is 0.126 e. The van der Waals surface area contributed by atoms with Crippen molar-refractivity contribution >= 4 is 18.8 Å². The average molecular weight is 333 g/mol. The summed E-state index contributed by atoms with van der Waals surface area (Å²) < 4.78 is 5.49. The number of rotatable bonds is 7. The Morgan fingerprint density at radius 2 is 2.04 bits per heavy atom. The first kappa shape index (κ1) is 18.4. The lowest BCUT2D eigenvalue weighted by atomic mass is 9.98. The van der Waals surface area contributed by atoms with Crippen molar-refractivity contribution < 1.29 is 4.74 Å². The third kappa shape index (κ3) is 5.26. The van der Waals surface area contributed by atoms with Gasteiger partial charge in [0.25, 0.3) is 0 Å². The summed E-state index contributed by atoms with van der Waals surface area (Å²) in [6.07, 6.45) is 10.5. The van der Waals surface area contributed by atoms with Crippen LogP contribution in [0.1, 0.15) is 31.7 Å². The number of hydrogen-bond acceptors (Lipinski definition) is 2. The topological polar surface area (TPSA) is 12.5 Å². The Morgan fingerprint density at radius 1 is 1.30 bits per heavy atom. The van der Waals surface area contributed by atoms with Crippen LogP contribution in [0.4, 0.5) is 0 Å². The molecule has 128 valence electrons. The van der Waals surface area contributed by atoms with Crippen LogP contribution in [-0.2, 0) is 0 Å². The number of benzene rings is 1. The van der Waals surface area contributed by atoms with Crippen LogP contribution in [0.15, 0.2) is 30.3 Å². The second kappa shape index (κ2) is 8.22. The SMILES string of the molecule is C=P(C)(C)C(C)CCCN1CC=C(c2ccccc2OC)CC1. The Hall–Kier alpha value is -0.980. The van der Waals surface area contributed by atoms with Gasteiger partial charge in [0.05, 0.1) is 7.11 Å². The molecule has 1 unspecified atom stereocenters. The van der Waals surface area contributed by atoms with E-state index in [-0.39, 0.29) is 0 Å². The van der Waals surface area contributed by atoms with Crippen LogP contribution in [0.2, 0.25) is 0 Å². The van der Waals surface area contributed by atoms with Gasteiger partial charge in [0.1, 0.15) is 5.75 Å². The predicted octanol–water partition coefficient (Wildman–Crippen LogP) is 4.66. The van der Waals surface area contributed by atoms with E-state index in [2.05, 4.69) is 49.7 Å². The van der Waals surface area contributed by atoms with Crippen molar-refractivity contribution in [3.05, 3.63) is 35.9 Å². The van der Waals surface area contributed by atoms with Crippen LogP contribution in [-0.4, -0.2) is 56.9 Å². The first-order valence-electron chi connectivity index (χ1n) is 8.64. The predicted molar refractivity (Wildman–Crippen MR) is 107 cm³/mol. The molecule has 0 amide bonds. The van der Waals surface area contributed by atoms with Crippen LogP contribution in [0, 0.1) is 0 Å². The molecule has 1 heterocycles. The van der Waals surface area contributed by atoms with E-state index in [9.17, 15) is 0 Å². The molecule has 0 aromatic heterocycles. The van der Waals surface area contributed by atoms with Gasteiger partial charge in [-0.3, -0.25) is 4.90 Å². The van der Waals surface area contributed by atoms with E-state index in [4.69, 9.17) is 4.74 Å². The fourth-order valence-electron chi connectivity index (χ4n) is 3.03. The maximum absolute atomic E-state index is 5.49. The van der Waals surface area contributed by atoms with E-state index in [1.54, 1.807) is 7.11 Å². The van der Waals surface area contributed by atoms with Crippen molar-refractivity contribution in [1.82, 2.24) is 4.90 Å². The van der Waals surface area contributed by atoms with E-state index in [0.717, 1.165) is 30.9 Å². The molecule has 0 saturated heterocycles. The molecule has 1 aliphatic rings. The molecule has 2 nitrogen and oxygen atoms in total. The number of para-hydroxylation sites is 1. The Kier molecular flexibility index (Phi) is 6.56. The van der Waals surface area contributed by atoms with Gasteiger partial charge in [0.2, 0.25) is 0 Å². The third-order valence-corrected chi connectivity index (χ3v) is 7.68. The minimum absolute atomic E-state index is 0.784. The highest BCUT2D eigenvalue weighted by molar-refractivity contribution is 7.72. The fourth-order valence-corrected chi connectivity index (χ4v) is 3.91. The molecule has 23 heavy (non-hydrogen) atoms. The Morgan fingerprint density at radius 3 is 2.65 bits per heavy atom. The minimum Gasteiger partial charge on any atom is -0.496 e. The van der Waals surface area contributed by atoms with Gasteiger partial charge < -0.3 is 4.74 Å². The van der Waals surface area contributed by atoms with Crippen molar-refractivity contribution in [1.29, 1.82) is 0 Å². The number of methoxy groups -OCH3 is 1. The average Bonchev–Trinajstić information content (AvgIpc) is 2.54. The van der Waals surface area contributed by atoms with E-state index < -0.39 is 6.89 Å². The van der Waals surface area contributed by atoms with Gasteiger partial charge >= 0.3 is 0 Å². The first-order chi connectivity index (χ1) is 10.9. The van der Waals surface area contributed by atoms with Gasteiger partial charge in [-0.15, -0.1) is 13.2 Å². The summed E-state index contributed by atoms with van der Waals surface area (Å²) in [5.74, 6) is 0.989. The summed E-state index contributed by atoms with van der Waals surface area (Å²) in [7, 11) is 1.75. The third-order valence-electron chi connectivity index (χ3n) is 5.04. The highest BCUT2D eigenvalue weighted by Gasteiger charge is 2.16. The van der Waals surface area contributed by atoms with Crippen LogP contribution in [0.3, 0.4) is 0 Å². The summed E-state index contributed by atoms with van der Waals surface area (Å²) in [6, 6.07) is 8.34. The molecule has 0 N–H and O–H groups in total. The zero-order valence-corrected chi connectivity index (χ0v) is 16.1. The van der Waals surface area contributed by atoms with Crippen molar-refractivity contribution in [2.75, 3.05) is 40.1 Å². The van der Waals surface area contributed by atoms with Crippen LogP contribution in [0.5, 0.6) is 5.75 Å². The van der Waals surface area contributed by atoms with Crippen LogP contribution in [0.25, 0.3) is 5.57 Å². The molecule has 0 fully saturated rings. The summed E-state index contributed by atoms with van der Waals surface area (Å²) >= 11 is 0. The number of hydrogen-bond donors (Lipinski definition) is 0. The fraction of sp³-hybridized carbons (Fsp3) is 0.550. The van der Waals surface area contributed by atoms with E-state index >= 15 is 0 Å². The highest BCUT2D eigenvalue weighted by atomic mass is 31.2. The minimum atomic E-state index is -0.930. The van der Waals surface area contributed by atoms with Gasteiger partial charge in [-0.1, -0.05) is 31.2 Å². The number of ether oxygens (including phenoxy) is 1. The van der Waals surface area contributed by atoms with E-state index in [0.29, 0.717) is 0 Å². The monoisotopic (exact) mass is 333 g/mol. The van der Waals surface area contributed by atoms with Crippen molar-refractivity contribution in [3.63, 3.8) is 0 Å². The molecule has 0 aliphatic carbocycles. The Labute approximate surface area is 142 Å². The molecule has 1 aliphatic heterocycles. The second-order valence-electron chi connectivity index (χ2n) is 7.25. The van der Waals surface area contributed by atoms with Crippen molar-refractivity contribution in [3.8, 4) is 5.75 Å². The van der Waals surface area contributed by atoms with E-state index in [1.807, 2.05) is 12.1 Å². The molecular formula is C20H32NOP. The number of nitrogens with zero attached hydrogens (tertiary/aromatic N) is 1. The molecular weight excluding hydrogens is 301 g/mol. The zero-order valence-electron chi connectivity index (χ0n) is 15.2. The summed E-state index contributed by atoms with van der Waals surface area (Å²) in [5.41, 5.74) is 3.47. The van der Waals surface area contributed by atoms with Gasteiger partial charge in [-0.2, -0.15) is 0 Å². The second-order valence-corrected chi connectivity index (χ2v) is 11.7. The largest absolute Gasteiger partial charge is 0.496 e. The van der Waals surface area contributed by atoms with E-state index in [1.165, 1.54) is 30.5 Å². The molecule has 0 bridgehead atoms. The zero-order chi connectivity index (χ0) is 16.9. The lowest BCUT2D eigenvalue weighted by Crippen LogP contribution is -2.30. The Bertz CT molecular complexity index is 587. The van der Waals surface area contributed by atoms with Gasteiger partial charge in [-0.25, -0.2) is 0 Å². The standard InChI is InChI=1S/C20H32NOP/c1-17(23(3,4)5)9-8-14-21-15-12-18(13-16-21)19-10-6-7-11-20(19)22-2/h6-7,10-12,17H,3,8-9,13-16H2,1-2,4-5H3. The summed E-state index contributed by atoms with van der Waals surface area (Å²) in [6.45, 7) is 9.56. The van der Waals surface area contributed by atoms with Crippen molar-refractivity contribution in [2.24, 2.45) is 0 Å². The molecule has 0 radical (unpaired) electrons. The molecule has 0 saturated carbocycles. The quantitative estimate of drug-likeness (QED) is 0.673. The Balaban J connectivity index is 1.85. The van der Waals surface area contributed by atoms with Gasteiger partial charge in [0.15, 0.2) is 0 Å². The molecule has 0 spiro atoms. The first-order valence-corrected chi connectivity index (χ1v) is 11.6. The van der Waals surface area contributed by atoms with Crippen LogP contribution < -0.4 is 4.74 Å². The van der Waals surface area contributed by atoms with Gasteiger partial charge in [0, 0.05) is 18.7 Å². The summed E-state index contributed by atoms with van der Waals surface area (Å²) in [5, 5.41) is 0. The summed E-state index contributed by atoms with van der Waals surface area (Å²) in [4.78, 5) is 2.57. The smallest absolute Gasteiger partial charge is 0.126 e. The maximum atomic E-state index is 5.49. The normalized spacial score (nSPS) is 17.7. The molecule has 2 rings (SSSR count). The highest BCUT2D eigenvalue weighted by Crippen LogP contribution is 2.43. The molecule has 1 aromatic carbocycles. The lowest BCUT2D eigenvalue weighted by molar-refractivity contribution is 0.295. The van der Waals surface area contributed by atoms with Gasteiger partial charge in [-0.05, 0) is 56.4 Å². The molecule has 1 aromatic rings. The van der Waals surface area contributed by atoms with Crippen molar-refractivity contribution in [2.45, 2.75) is 31.8 Å². The molecule has 3 heteroatoms. The van der Waals surface area contributed by atoms with Crippen LogP contribution >= 0.6 is 6.89 Å². The lowest BCUT2D eigenvalue weighted by Gasteiger charge is -2.28. The molecule has 1 atom stereocenters.